The highest BCUT2D eigenvalue weighted by Gasteiger charge is 2.12. The number of nitrogens with one attached hydrogen (secondary N) is 1. The Hall–Kier alpha value is -1.66. The van der Waals surface area contributed by atoms with E-state index in [0.29, 0.717) is 6.42 Å². The largest absolute Gasteiger partial charge is 0.320 e. The van der Waals surface area contributed by atoms with Crippen LogP contribution in [-0.4, -0.2) is 18.5 Å². The summed E-state index contributed by atoms with van der Waals surface area (Å²) in [5, 5.41) is 5.60. The molecule has 1 aromatic carbocycles. The summed E-state index contributed by atoms with van der Waals surface area (Å²) in [4.78, 5) is 20.8. The van der Waals surface area contributed by atoms with E-state index in [2.05, 4.69) is 10.5 Å². The van der Waals surface area contributed by atoms with Gasteiger partial charge in [0.15, 0.2) is 0 Å². The minimum atomic E-state index is -0.794. The second-order valence-electron chi connectivity index (χ2n) is 4.76. The number of halogens is 1. The number of hydrogen-bond acceptors (Lipinski definition) is 4. The molecule has 20 heavy (non-hydrogen) atoms. The van der Waals surface area contributed by atoms with Crippen molar-refractivity contribution in [1.29, 1.82) is 0 Å². The number of nitrogens with zero attached hydrogens (tertiary/aromatic N) is 1. The zero-order valence-corrected chi connectivity index (χ0v) is 11.5. The van der Waals surface area contributed by atoms with E-state index in [4.69, 9.17) is 5.73 Å². The van der Waals surface area contributed by atoms with Gasteiger partial charge in [0.05, 0.1) is 6.04 Å². The van der Waals surface area contributed by atoms with Gasteiger partial charge in [-0.25, -0.2) is 4.39 Å². The second kappa shape index (κ2) is 8.50. The number of benzene rings is 1. The van der Waals surface area contributed by atoms with Gasteiger partial charge < -0.3 is 11.1 Å². The van der Waals surface area contributed by atoms with Gasteiger partial charge in [0.2, 0.25) is 0 Å². The maximum absolute atomic E-state index is 12.8. The molecule has 2 atom stereocenters. The fourth-order valence-corrected chi connectivity index (χ4v) is 1.87. The lowest BCUT2D eigenvalue weighted by atomic mass is 10.1. The van der Waals surface area contributed by atoms with E-state index in [9.17, 15) is 14.1 Å². The molecule has 1 amide bonds. The fraction of sp³-hybridized carbons (Fsp3) is 0.500. The van der Waals surface area contributed by atoms with Crippen LogP contribution < -0.4 is 11.1 Å². The Bertz CT molecular complexity index is 437. The monoisotopic (exact) mass is 281 g/mol. The SMILES string of the molecule is CC(NCCCC[C@@H](N)C(=O)N=O)c1ccc(F)cc1. The normalized spacial score (nSPS) is 13.8. The average Bonchev–Trinajstić information content (AvgIpc) is 2.46. The highest BCUT2D eigenvalue weighted by molar-refractivity contribution is 5.81. The van der Waals surface area contributed by atoms with Gasteiger partial charge in [0, 0.05) is 11.2 Å². The van der Waals surface area contributed by atoms with Crippen molar-refractivity contribution in [3.05, 3.63) is 40.6 Å². The molecule has 0 fully saturated rings. The summed E-state index contributed by atoms with van der Waals surface area (Å²) in [5.74, 6) is -1.04. The topological polar surface area (TPSA) is 84.5 Å². The van der Waals surface area contributed by atoms with Gasteiger partial charge in [0.1, 0.15) is 5.82 Å². The van der Waals surface area contributed by atoms with E-state index in [0.717, 1.165) is 24.9 Å². The number of carbonyl (C=O) groups excluding carboxylic acids is 1. The molecule has 0 spiro atoms. The van der Waals surface area contributed by atoms with Crippen LogP contribution in [0.2, 0.25) is 0 Å². The van der Waals surface area contributed by atoms with Crippen LogP contribution in [0, 0.1) is 10.7 Å². The Morgan fingerprint density at radius 3 is 2.60 bits per heavy atom. The van der Waals surface area contributed by atoms with Crippen LogP contribution in [0.15, 0.2) is 29.4 Å². The quantitative estimate of drug-likeness (QED) is 0.565. The fourth-order valence-electron chi connectivity index (χ4n) is 1.87. The maximum atomic E-state index is 12.8. The average molecular weight is 281 g/mol. The molecule has 3 N–H and O–H groups in total. The first-order valence-corrected chi connectivity index (χ1v) is 6.66. The van der Waals surface area contributed by atoms with Gasteiger partial charge in [-0.1, -0.05) is 18.6 Å². The molecule has 0 bridgehead atoms. The summed E-state index contributed by atoms with van der Waals surface area (Å²) < 4.78 is 12.8. The van der Waals surface area contributed by atoms with Crippen LogP contribution in [0.5, 0.6) is 0 Å². The lowest BCUT2D eigenvalue weighted by Gasteiger charge is -2.14. The minimum Gasteiger partial charge on any atom is -0.320 e. The molecule has 6 heteroatoms. The lowest BCUT2D eigenvalue weighted by Crippen LogP contribution is -2.29. The third-order valence-electron chi connectivity index (χ3n) is 3.17. The molecule has 0 saturated heterocycles. The molecule has 0 radical (unpaired) electrons. The van der Waals surface area contributed by atoms with Crippen molar-refractivity contribution in [3.8, 4) is 0 Å². The zero-order chi connectivity index (χ0) is 15.0. The van der Waals surface area contributed by atoms with Gasteiger partial charge >= 0.3 is 5.91 Å². The molecule has 5 nitrogen and oxygen atoms in total. The Morgan fingerprint density at radius 1 is 1.35 bits per heavy atom. The predicted octanol–water partition coefficient (Wildman–Crippen LogP) is 2.27. The summed E-state index contributed by atoms with van der Waals surface area (Å²) in [7, 11) is 0. The van der Waals surface area contributed by atoms with Crippen molar-refractivity contribution in [2.75, 3.05) is 6.54 Å². The minimum absolute atomic E-state index is 0.127. The van der Waals surface area contributed by atoms with Crippen LogP contribution in [0.3, 0.4) is 0 Å². The Morgan fingerprint density at radius 2 is 2.00 bits per heavy atom. The molecule has 0 aliphatic rings. The van der Waals surface area contributed by atoms with E-state index in [1.807, 2.05) is 6.92 Å². The Balaban J connectivity index is 2.19. The second-order valence-corrected chi connectivity index (χ2v) is 4.76. The third kappa shape index (κ3) is 5.54. The molecule has 110 valence electrons. The molecule has 0 aromatic heterocycles. The lowest BCUT2D eigenvalue weighted by molar-refractivity contribution is -0.119. The van der Waals surface area contributed by atoms with Crippen molar-refractivity contribution < 1.29 is 9.18 Å². The van der Waals surface area contributed by atoms with Gasteiger partial charge in [-0.15, -0.1) is 4.91 Å². The van der Waals surface area contributed by atoms with Crippen molar-refractivity contribution in [3.63, 3.8) is 0 Å². The van der Waals surface area contributed by atoms with Crippen molar-refractivity contribution in [2.24, 2.45) is 10.9 Å². The summed E-state index contributed by atoms with van der Waals surface area (Å²) in [6.45, 7) is 2.76. The molecular formula is C14H20FN3O2. The number of nitrogens with two attached hydrogens (primary N) is 1. The number of nitroso groups, excluding NO2 is 1. The maximum Gasteiger partial charge on any atom is 0.302 e. The van der Waals surface area contributed by atoms with Crippen LogP contribution in [-0.2, 0) is 4.79 Å². The zero-order valence-electron chi connectivity index (χ0n) is 11.5. The number of amides is 1. The first-order valence-electron chi connectivity index (χ1n) is 6.66. The van der Waals surface area contributed by atoms with E-state index >= 15 is 0 Å². The number of carbonyl (C=O) groups is 1. The highest BCUT2D eigenvalue weighted by Crippen LogP contribution is 2.12. The van der Waals surface area contributed by atoms with Crippen LogP contribution >= 0.6 is 0 Å². The first kappa shape index (κ1) is 16.4. The van der Waals surface area contributed by atoms with Crippen LogP contribution in [0.4, 0.5) is 4.39 Å². The van der Waals surface area contributed by atoms with Crippen molar-refractivity contribution >= 4 is 5.91 Å². The van der Waals surface area contributed by atoms with Gasteiger partial charge in [-0.3, -0.25) is 4.79 Å². The van der Waals surface area contributed by atoms with E-state index in [1.165, 1.54) is 12.1 Å². The molecule has 0 saturated carbocycles. The molecule has 1 aromatic rings. The molecule has 0 aliphatic carbocycles. The van der Waals surface area contributed by atoms with Crippen LogP contribution in [0.25, 0.3) is 0 Å². The van der Waals surface area contributed by atoms with Crippen LogP contribution in [0.1, 0.15) is 37.8 Å². The standard InChI is InChI=1S/C14H20FN3O2/c1-10(11-5-7-12(15)8-6-11)17-9-3-2-4-13(16)14(19)18-20/h5-8,10,13,17H,2-4,9,16H2,1H3/t10?,13-/m1/s1. The highest BCUT2D eigenvalue weighted by atomic mass is 19.1. The molecule has 0 heterocycles. The third-order valence-corrected chi connectivity index (χ3v) is 3.17. The molecular weight excluding hydrogens is 261 g/mol. The summed E-state index contributed by atoms with van der Waals surface area (Å²) >= 11 is 0. The number of rotatable bonds is 8. The van der Waals surface area contributed by atoms with E-state index < -0.39 is 11.9 Å². The summed E-state index contributed by atoms with van der Waals surface area (Å²) in [6.07, 6.45) is 2.04. The van der Waals surface area contributed by atoms with E-state index in [1.54, 1.807) is 12.1 Å². The number of unbranched alkanes of at least 4 members (excludes halogenated alkanes) is 1. The molecule has 1 unspecified atom stereocenters. The van der Waals surface area contributed by atoms with Crippen molar-refractivity contribution in [2.45, 2.75) is 38.3 Å². The summed E-state index contributed by atoms with van der Waals surface area (Å²) in [5.41, 5.74) is 6.49. The molecule has 0 aliphatic heterocycles. The first-order chi connectivity index (χ1) is 9.54. The van der Waals surface area contributed by atoms with Gasteiger partial charge in [0.25, 0.3) is 0 Å². The predicted molar refractivity (Wildman–Crippen MR) is 75.4 cm³/mol. The number of hydrogen-bond donors (Lipinski definition) is 2. The van der Waals surface area contributed by atoms with Gasteiger partial charge in [-0.2, -0.15) is 0 Å². The van der Waals surface area contributed by atoms with Gasteiger partial charge in [-0.05, 0) is 44.0 Å². The smallest absolute Gasteiger partial charge is 0.302 e. The van der Waals surface area contributed by atoms with Crippen molar-refractivity contribution in [1.82, 2.24) is 5.32 Å². The molecule has 1 rings (SSSR count). The van der Waals surface area contributed by atoms with E-state index in [-0.39, 0.29) is 11.9 Å². The Labute approximate surface area is 117 Å². The summed E-state index contributed by atoms with van der Waals surface area (Å²) in [6, 6.07) is 5.70. The Kier molecular flexibility index (Phi) is 6.97.